The fraction of sp³-hybridized carbons (Fsp3) is 0.0714. The third kappa shape index (κ3) is 3.36. The predicted molar refractivity (Wildman–Crippen MR) is 76.1 cm³/mol. The molecule has 1 amide bonds. The van der Waals surface area contributed by atoms with Crippen LogP contribution < -0.4 is 10.5 Å². The Morgan fingerprint density at radius 1 is 1.30 bits per heavy atom. The number of amides is 1. The van der Waals surface area contributed by atoms with Crippen molar-refractivity contribution in [3.63, 3.8) is 0 Å². The van der Waals surface area contributed by atoms with Crippen LogP contribution in [0.1, 0.15) is 15.9 Å². The molecule has 0 aromatic heterocycles. The molecular weight excluding hydrogens is 279 g/mol. The fourth-order valence-corrected chi connectivity index (χ4v) is 2.14. The summed E-state index contributed by atoms with van der Waals surface area (Å²) in [5.41, 5.74) is 1.27. The number of carbonyl (C=O) groups is 1. The first-order valence-electron chi connectivity index (χ1n) is 5.81. The van der Waals surface area contributed by atoms with E-state index in [1.54, 1.807) is 25.1 Å². The normalized spacial score (nSPS) is 12.0. The summed E-state index contributed by atoms with van der Waals surface area (Å²) in [5, 5.41) is 7.92. The smallest absolute Gasteiger partial charge is 0.255 e. The highest BCUT2D eigenvalue weighted by Crippen LogP contribution is 2.16. The topological polar surface area (TPSA) is 78.2 Å². The molecular formula is C14H13FN2O2S. The minimum Gasteiger partial charge on any atom is -0.593 e. The molecule has 0 saturated carbocycles. The van der Waals surface area contributed by atoms with Crippen molar-refractivity contribution in [3.05, 3.63) is 59.4 Å². The summed E-state index contributed by atoms with van der Waals surface area (Å²) in [6.45, 7) is 1.61. The van der Waals surface area contributed by atoms with Gasteiger partial charge in [0.25, 0.3) is 5.91 Å². The number of hydrogen-bond acceptors (Lipinski definition) is 3. The molecule has 0 spiro atoms. The molecule has 20 heavy (non-hydrogen) atoms. The molecule has 0 aliphatic heterocycles. The lowest BCUT2D eigenvalue weighted by atomic mass is 10.2. The maximum Gasteiger partial charge on any atom is 0.255 e. The summed E-state index contributed by atoms with van der Waals surface area (Å²) in [6, 6.07) is 10.5. The zero-order chi connectivity index (χ0) is 14.7. The number of rotatable bonds is 3. The highest BCUT2D eigenvalue weighted by molar-refractivity contribution is 7.89. The van der Waals surface area contributed by atoms with Crippen molar-refractivity contribution in [3.8, 4) is 0 Å². The van der Waals surface area contributed by atoms with E-state index in [0.29, 0.717) is 21.7 Å². The van der Waals surface area contributed by atoms with Crippen molar-refractivity contribution in [2.45, 2.75) is 11.8 Å². The van der Waals surface area contributed by atoms with Gasteiger partial charge < -0.3 is 9.87 Å². The van der Waals surface area contributed by atoms with Gasteiger partial charge in [-0.3, -0.25) is 4.79 Å². The van der Waals surface area contributed by atoms with Crippen LogP contribution >= 0.6 is 0 Å². The molecule has 0 saturated heterocycles. The molecule has 0 radical (unpaired) electrons. The fourth-order valence-electron chi connectivity index (χ4n) is 1.69. The molecule has 2 aromatic carbocycles. The monoisotopic (exact) mass is 292 g/mol. The third-order valence-electron chi connectivity index (χ3n) is 2.74. The molecule has 2 rings (SSSR count). The predicted octanol–water partition coefficient (Wildman–Crippen LogP) is 2.37. The van der Waals surface area contributed by atoms with Crippen LogP contribution in [0.25, 0.3) is 0 Å². The Balaban J connectivity index is 2.19. The van der Waals surface area contributed by atoms with Gasteiger partial charge in [0.15, 0.2) is 4.90 Å². The summed E-state index contributed by atoms with van der Waals surface area (Å²) in [4.78, 5) is 12.4. The lowest BCUT2D eigenvalue weighted by molar-refractivity contribution is 0.102. The quantitative estimate of drug-likeness (QED) is 0.852. The molecule has 2 aromatic rings. The molecule has 1 unspecified atom stereocenters. The first-order valence-corrected chi connectivity index (χ1v) is 7.02. The second kappa shape index (κ2) is 6.04. The number of nitrogens with two attached hydrogens (primary N) is 1. The molecule has 0 aliphatic rings. The summed E-state index contributed by atoms with van der Waals surface area (Å²) < 4.78 is 24.3. The summed E-state index contributed by atoms with van der Waals surface area (Å²) in [5.74, 6) is -0.702. The van der Waals surface area contributed by atoms with E-state index in [1.807, 2.05) is 0 Å². The molecule has 3 N–H and O–H groups in total. The van der Waals surface area contributed by atoms with Gasteiger partial charge in [0.2, 0.25) is 0 Å². The van der Waals surface area contributed by atoms with Crippen LogP contribution in [0.2, 0.25) is 0 Å². The summed E-state index contributed by atoms with van der Waals surface area (Å²) in [6.07, 6.45) is 0. The molecule has 104 valence electrons. The van der Waals surface area contributed by atoms with Crippen molar-refractivity contribution in [1.82, 2.24) is 0 Å². The number of hydrogen-bond donors (Lipinski definition) is 2. The van der Waals surface area contributed by atoms with Crippen molar-refractivity contribution >= 4 is 23.0 Å². The zero-order valence-corrected chi connectivity index (χ0v) is 11.5. The minimum atomic E-state index is -1.64. The zero-order valence-electron chi connectivity index (χ0n) is 10.7. The average Bonchev–Trinajstić information content (AvgIpc) is 2.43. The Morgan fingerprint density at radius 2 is 2.05 bits per heavy atom. The van der Waals surface area contributed by atoms with Crippen LogP contribution in [0.4, 0.5) is 10.1 Å². The minimum absolute atomic E-state index is 0.330. The molecule has 6 heteroatoms. The first kappa shape index (κ1) is 14.5. The average molecular weight is 292 g/mol. The van der Waals surface area contributed by atoms with Gasteiger partial charge in [-0.1, -0.05) is 6.07 Å². The Kier molecular flexibility index (Phi) is 4.39. The number of halogens is 1. The van der Waals surface area contributed by atoms with Gasteiger partial charge in [0, 0.05) is 17.3 Å². The number of nitrogens with one attached hydrogen (secondary N) is 1. The van der Waals surface area contributed by atoms with E-state index >= 15 is 0 Å². The van der Waals surface area contributed by atoms with Gasteiger partial charge in [-0.05, 0) is 42.8 Å². The maximum atomic E-state index is 13.1. The number of anilines is 1. The first-order chi connectivity index (χ1) is 9.47. The van der Waals surface area contributed by atoms with Crippen LogP contribution in [0.5, 0.6) is 0 Å². The Labute approximate surface area is 119 Å². The van der Waals surface area contributed by atoms with Crippen LogP contribution in [0, 0.1) is 12.7 Å². The van der Waals surface area contributed by atoms with Crippen LogP contribution in [-0.2, 0) is 11.4 Å². The van der Waals surface area contributed by atoms with Gasteiger partial charge in [-0.2, -0.15) is 0 Å². The highest BCUT2D eigenvalue weighted by Gasteiger charge is 2.11. The largest absolute Gasteiger partial charge is 0.593 e. The molecule has 0 aliphatic carbocycles. The Hall–Kier alpha value is -1.89. The molecule has 4 nitrogen and oxygen atoms in total. The van der Waals surface area contributed by atoms with Gasteiger partial charge in [0.05, 0.1) is 11.4 Å². The highest BCUT2D eigenvalue weighted by atomic mass is 32.2. The Bertz CT molecular complexity index is 647. The second-order valence-corrected chi connectivity index (χ2v) is 5.31. The third-order valence-corrected chi connectivity index (χ3v) is 3.46. The number of carbonyl (C=O) groups excluding carboxylic acids is 1. The number of benzene rings is 2. The lowest BCUT2D eigenvalue weighted by Crippen LogP contribution is -2.15. The van der Waals surface area contributed by atoms with Crippen molar-refractivity contribution in [2.24, 2.45) is 5.14 Å². The van der Waals surface area contributed by atoms with Crippen molar-refractivity contribution in [2.75, 3.05) is 5.32 Å². The van der Waals surface area contributed by atoms with E-state index < -0.39 is 11.4 Å². The van der Waals surface area contributed by atoms with Crippen molar-refractivity contribution < 1.29 is 13.7 Å². The van der Waals surface area contributed by atoms with E-state index in [0.717, 1.165) is 0 Å². The summed E-state index contributed by atoms with van der Waals surface area (Å²) in [7, 11) is 0. The maximum absolute atomic E-state index is 13.1. The van der Waals surface area contributed by atoms with E-state index in [1.165, 1.54) is 24.3 Å². The van der Waals surface area contributed by atoms with E-state index in [-0.39, 0.29) is 11.7 Å². The molecule has 0 heterocycles. The molecule has 1 atom stereocenters. The van der Waals surface area contributed by atoms with Crippen LogP contribution in [-0.4, -0.2) is 10.5 Å². The Morgan fingerprint density at radius 3 is 2.70 bits per heavy atom. The molecule has 0 bridgehead atoms. The van der Waals surface area contributed by atoms with Gasteiger partial charge in [0.1, 0.15) is 5.82 Å². The van der Waals surface area contributed by atoms with Crippen molar-refractivity contribution in [1.29, 1.82) is 0 Å². The van der Waals surface area contributed by atoms with Crippen LogP contribution in [0.15, 0.2) is 47.4 Å². The standard InChI is InChI=1S/C14H13FN2O2S/c1-9-7-11(5-6-13(9)15)17-14(18)10-3-2-4-12(8-10)20(16)19/h2-8H,16H2,1H3,(H,17,18). The van der Waals surface area contributed by atoms with E-state index in [9.17, 15) is 13.7 Å². The van der Waals surface area contributed by atoms with Gasteiger partial charge >= 0.3 is 0 Å². The molecule has 0 fully saturated rings. The second-order valence-electron chi connectivity index (χ2n) is 4.24. The van der Waals surface area contributed by atoms with Gasteiger partial charge in [-0.15, -0.1) is 5.14 Å². The SMILES string of the molecule is Cc1cc(NC(=O)c2cccc([S+](N)[O-])c2)ccc1F. The van der Waals surface area contributed by atoms with Crippen LogP contribution in [0.3, 0.4) is 0 Å². The lowest BCUT2D eigenvalue weighted by Gasteiger charge is -2.08. The number of aryl methyl sites for hydroxylation is 1. The van der Waals surface area contributed by atoms with E-state index in [2.05, 4.69) is 5.32 Å². The van der Waals surface area contributed by atoms with Gasteiger partial charge in [-0.25, -0.2) is 4.39 Å². The summed E-state index contributed by atoms with van der Waals surface area (Å²) >= 11 is -1.64. The van der Waals surface area contributed by atoms with E-state index in [4.69, 9.17) is 5.14 Å².